The summed E-state index contributed by atoms with van der Waals surface area (Å²) in [6, 6.07) is 0. The Morgan fingerprint density at radius 2 is 1.25 bits per heavy atom. The van der Waals surface area contributed by atoms with Gasteiger partial charge in [-0.15, -0.1) is 0 Å². The first-order valence-corrected chi connectivity index (χ1v) is 1.22. The Kier molecular flexibility index (Phi) is 19.9. The average molecular weight is 150 g/mol. The molecule has 0 aliphatic heterocycles. The zero-order chi connectivity index (χ0) is 2.71. The predicted octanol–water partition coefficient (Wildman–Crippen LogP) is -1.53. The molecule has 0 saturated carbocycles. The summed E-state index contributed by atoms with van der Waals surface area (Å²) >= 11 is 0. The van der Waals surface area contributed by atoms with E-state index in [1.807, 2.05) is 0 Å². The second kappa shape index (κ2) is 8.85. The van der Waals surface area contributed by atoms with Gasteiger partial charge in [0.25, 0.3) is 0 Å². The Hall–Kier alpha value is 1.30. The maximum atomic E-state index is 8.40. The molecule has 0 aromatic heterocycles. The summed E-state index contributed by atoms with van der Waals surface area (Å²) in [6.07, 6.45) is 0. The minimum absolute atomic E-state index is 0. The van der Waals surface area contributed by atoms with E-state index in [1.165, 1.54) is 0 Å². The van der Waals surface area contributed by atoms with Crippen LogP contribution in [-0.4, -0.2) is 54.8 Å². The fourth-order valence-corrected chi connectivity index (χ4v) is 0. The molecule has 0 rings (SSSR count). The summed E-state index contributed by atoms with van der Waals surface area (Å²) in [5, 5.41) is 0. The SMILES string of the molecule is O=[Si]=O.[SrH2]. The molecule has 4 heteroatoms. The first-order chi connectivity index (χ1) is 1.41. The molecule has 0 bridgehead atoms. The van der Waals surface area contributed by atoms with Gasteiger partial charge < -0.3 is 0 Å². The third-order valence-electron chi connectivity index (χ3n) is 0. The summed E-state index contributed by atoms with van der Waals surface area (Å²) in [4.78, 5) is 0. The van der Waals surface area contributed by atoms with E-state index in [0.29, 0.717) is 0 Å². The van der Waals surface area contributed by atoms with Crippen molar-refractivity contribution in [2.75, 3.05) is 0 Å². The number of hydrogen-bond donors (Lipinski definition) is 0. The van der Waals surface area contributed by atoms with E-state index < -0.39 is 9.29 Å². The molecule has 0 aliphatic carbocycles. The zero-order valence-electron chi connectivity index (χ0n) is 1.32. The molecule has 4 heavy (non-hydrogen) atoms. The normalized spacial score (nSPS) is 2.00. The van der Waals surface area contributed by atoms with Crippen LogP contribution in [0.5, 0.6) is 0 Å². The van der Waals surface area contributed by atoms with Crippen LogP contribution in [0.4, 0.5) is 0 Å². The van der Waals surface area contributed by atoms with Crippen molar-refractivity contribution in [3.05, 3.63) is 0 Å². The fourth-order valence-electron chi connectivity index (χ4n) is 0. The predicted molar refractivity (Wildman–Crippen MR) is 15.7 cm³/mol. The minimum atomic E-state index is -1.42. The van der Waals surface area contributed by atoms with Crippen LogP contribution in [-0.2, 0) is 8.92 Å². The topological polar surface area (TPSA) is 34.1 Å². The molecule has 0 heterocycles. The molecule has 0 atom stereocenters. The van der Waals surface area contributed by atoms with Gasteiger partial charge in [0.05, 0.1) is 0 Å². The Morgan fingerprint density at radius 3 is 1.25 bits per heavy atom. The van der Waals surface area contributed by atoms with Gasteiger partial charge >= 0.3 is 54.8 Å². The van der Waals surface area contributed by atoms with Crippen LogP contribution >= 0.6 is 0 Å². The van der Waals surface area contributed by atoms with Gasteiger partial charge in [-0.2, -0.15) is 0 Å². The third kappa shape index (κ3) is 10.3. The van der Waals surface area contributed by atoms with Crippen LogP contribution in [0.2, 0.25) is 0 Å². The van der Waals surface area contributed by atoms with E-state index in [2.05, 4.69) is 0 Å². The Balaban J connectivity index is 0. The molecule has 0 fully saturated rings. The average Bonchev–Trinajstić information content (AvgIpc) is 0.918. The van der Waals surface area contributed by atoms with Gasteiger partial charge in [0.2, 0.25) is 0 Å². The van der Waals surface area contributed by atoms with Crippen LogP contribution in [0.25, 0.3) is 0 Å². The van der Waals surface area contributed by atoms with Gasteiger partial charge in [-0.25, -0.2) is 0 Å². The maximum absolute atomic E-state index is 8.40. The van der Waals surface area contributed by atoms with E-state index in [4.69, 9.17) is 8.92 Å². The summed E-state index contributed by atoms with van der Waals surface area (Å²) < 4.78 is 16.8. The first kappa shape index (κ1) is 9.00. The van der Waals surface area contributed by atoms with Crippen molar-refractivity contribution >= 4 is 54.8 Å². The summed E-state index contributed by atoms with van der Waals surface area (Å²) in [5.74, 6) is 0. The molecule has 0 aliphatic rings. The molecule has 0 aromatic carbocycles. The van der Waals surface area contributed by atoms with E-state index in [1.54, 1.807) is 0 Å². The van der Waals surface area contributed by atoms with Crippen molar-refractivity contribution in [3.8, 4) is 0 Å². The number of hydrogen-bond acceptors (Lipinski definition) is 2. The summed E-state index contributed by atoms with van der Waals surface area (Å²) in [6.45, 7) is 0. The quantitative estimate of drug-likeness (QED) is 0.392. The first-order valence-electron chi connectivity index (χ1n) is 0.408. The van der Waals surface area contributed by atoms with E-state index in [0.717, 1.165) is 0 Å². The third-order valence-corrected chi connectivity index (χ3v) is 0. The summed E-state index contributed by atoms with van der Waals surface area (Å²) in [5.41, 5.74) is 0. The van der Waals surface area contributed by atoms with Crippen molar-refractivity contribution in [2.45, 2.75) is 0 Å². The Morgan fingerprint density at radius 1 is 1.25 bits per heavy atom. The number of rotatable bonds is 0. The fraction of sp³-hybridized carbons (Fsp3) is 0. The van der Waals surface area contributed by atoms with Crippen molar-refractivity contribution in [3.63, 3.8) is 0 Å². The molecule has 0 spiro atoms. The van der Waals surface area contributed by atoms with E-state index in [9.17, 15) is 0 Å². The van der Waals surface area contributed by atoms with Gasteiger partial charge in [0.15, 0.2) is 0 Å². The molecule has 0 saturated heterocycles. The molecule has 0 radical (unpaired) electrons. The van der Waals surface area contributed by atoms with Crippen molar-refractivity contribution < 1.29 is 8.92 Å². The van der Waals surface area contributed by atoms with Gasteiger partial charge in [0.1, 0.15) is 0 Å². The zero-order valence-corrected chi connectivity index (χ0v) is 2.32. The molecule has 0 amide bonds. The summed E-state index contributed by atoms with van der Waals surface area (Å²) in [7, 11) is -1.42. The second-order valence-electron chi connectivity index (χ2n) is 0.0833. The van der Waals surface area contributed by atoms with Crippen LogP contribution in [0.1, 0.15) is 0 Å². The van der Waals surface area contributed by atoms with Crippen molar-refractivity contribution in [2.24, 2.45) is 0 Å². The Bertz CT molecular complexity index is 27.0. The van der Waals surface area contributed by atoms with Gasteiger partial charge in [-0.3, -0.25) is 8.92 Å². The van der Waals surface area contributed by atoms with Crippen LogP contribution < -0.4 is 0 Å². The van der Waals surface area contributed by atoms with Crippen molar-refractivity contribution in [1.29, 1.82) is 0 Å². The van der Waals surface area contributed by atoms with E-state index in [-0.39, 0.29) is 45.5 Å². The van der Waals surface area contributed by atoms with Crippen LogP contribution in [0.15, 0.2) is 0 Å². The van der Waals surface area contributed by atoms with Crippen LogP contribution in [0.3, 0.4) is 0 Å². The van der Waals surface area contributed by atoms with Gasteiger partial charge in [-0.1, -0.05) is 0 Å². The molecular formula is H2O2SiSr. The Labute approximate surface area is 62.8 Å². The molecule has 20 valence electrons. The molecule has 0 N–H and O–H groups in total. The second-order valence-corrected chi connectivity index (χ2v) is 0.250. The van der Waals surface area contributed by atoms with Crippen molar-refractivity contribution in [1.82, 2.24) is 0 Å². The monoisotopic (exact) mass is 150 g/mol. The van der Waals surface area contributed by atoms with Crippen LogP contribution in [0, 0.1) is 0 Å². The molecule has 0 aromatic rings. The molecule has 0 unspecified atom stereocenters. The standard InChI is InChI=1S/O2Si.Sr.2H/c1-3-2;;;. The molecular weight excluding hydrogens is 148 g/mol. The van der Waals surface area contributed by atoms with Gasteiger partial charge in [-0.05, 0) is 0 Å². The molecule has 2 nitrogen and oxygen atoms in total. The van der Waals surface area contributed by atoms with Gasteiger partial charge in [0, 0.05) is 0 Å². The van der Waals surface area contributed by atoms with E-state index >= 15 is 0 Å².